The lowest BCUT2D eigenvalue weighted by Crippen LogP contribution is -1.87. The Morgan fingerprint density at radius 3 is 1.87 bits per heavy atom. The Bertz CT molecular complexity index is 350. The molecule has 0 saturated heterocycles. The summed E-state index contributed by atoms with van der Waals surface area (Å²) in [7, 11) is 0. The van der Waals surface area contributed by atoms with E-state index in [9.17, 15) is 0 Å². The third-order valence-corrected chi connectivity index (χ3v) is 2.29. The number of aryl methyl sites for hydroxylation is 2. The van der Waals surface area contributed by atoms with Crippen LogP contribution in [0.4, 0.5) is 0 Å². The van der Waals surface area contributed by atoms with Crippen molar-refractivity contribution in [3.05, 3.63) is 59.7 Å². The lowest BCUT2D eigenvalue weighted by Gasteiger charge is -1.99. The van der Waals surface area contributed by atoms with Crippen molar-refractivity contribution in [1.29, 1.82) is 0 Å². The van der Waals surface area contributed by atoms with Crippen LogP contribution in [-0.2, 0) is 0 Å². The Morgan fingerprint density at radius 2 is 1.53 bits per heavy atom. The highest BCUT2D eigenvalue weighted by atomic mass is 14.7. The maximum Gasteiger partial charge on any atom is 0.0404 e. The molecule has 15 heavy (non-hydrogen) atoms. The van der Waals surface area contributed by atoms with Gasteiger partial charge in [0, 0.05) is 24.3 Å². The van der Waals surface area contributed by atoms with Crippen LogP contribution in [-0.4, -0.2) is 9.97 Å². The standard InChI is InChI=1S/C8H11N.C5H5N/c1-6-4-5-9-8(3)7(6)2;1-2-4-6-5-3-1/h4-5H,1-3H3;1-5H. The Labute approximate surface area is 91.0 Å². The Morgan fingerprint density at radius 1 is 0.867 bits per heavy atom. The average Bonchev–Trinajstić information content (AvgIpc) is 2.29. The predicted molar refractivity (Wildman–Crippen MR) is 62.7 cm³/mol. The fourth-order valence-electron chi connectivity index (χ4n) is 1.08. The highest BCUT2D eigenvalue weighted by Crippen LogP contribution is 2.06. The molecule has 0 aliphatic carbocycles. The molecule has 0 unspecified atom stereocenters. The molecule has 0 radical (unpaired) electrons. The first-order valence-electron chi connectivity index (χ1n) is 4.95. The molecule has 78 valence electrons. The molecule has 2 aromatic heterocycles. The summed E-state index contributed by atoms with van der Waals surface area (Å²) in [4.78, 5) is 7.92. The normalized spacial score (nSPS) is 9.00. The molecular formula is C13H16N2. The van der Waals surface area contributed by atoms with Gasteiger partial charge in [0.1, 0.15) is 0 Å². The van der Waals surface area contributed by atoms with Gasteiger partial charge in [-0.2, -0.15) is 0 Å². The molecule has 0 aliphatic rings. The summed E-state index contributed by atoms with van der Waals surface area (Å²) >= 11 is 0. The molecule has 2 rings (SSSR count). The maximum atomic E-state index is 4.14. The largest absolute Gasteiger partial charge is 0.265 e. The van der Waals surface area contributed by atoms with Crippen LogP contribution < -0.4 is 0 Å². The van der Waals surface area contributed by atoms with E-state index in [0.717, 1.165) is 5.69 Å². The van der Waals surface area contributed by atoms with Crippen LogP contribution in [0, 0.1) is 20.8 Å². The Balaban J connectivity index is 0.000000162. The summed E-state index contributed by atoms with van der Waals surface area (Å²) in [6.45, 7) is 6.23. The first-order chi connectivity index (χ1) is 7.22. The van der Waals surface area contributed by atoms with Gasteiger partial charge in [0.05, 0.1) is 0 Å². The summed E-state index contributed by atoms with van der Waals surface area (Å²) in [5.74, 6) is 0. The summed E-state index contributed by atoms with van der Waals surface area (Å²) in [6, 6.07) is 7.75. The van der Waals surface area contributed by atoms with Crippen LogP contribution >= 0.6 is 0 Å². The monoisotopic (exact) mass is 200 g/mol. The van der Waals surface area contributed by atoms with Crippen LogP contribution in [0.25, 0.3) is 0 Å². The van der Waals surface area contributed by atoms with E-state index in [0.29, 0.717) is 0 Å². The number of hydrogen-bond acceptors (Lipinski definition) is 2. The Kier molecular flexibility index (Phi) is 4.48. The fourth-order valence-corrected chi connectivity index (χ4v) is 1.08. The summed E-state index contributed by atoms with van der Waals surface area (Å²) in [6.07, 6.45) is 5.34. The van der Waals surface area contributed by atoms with Gasteiger partial charge in [-0.05, 0) is 50.1 Å². The van der Waals surface area contributed by atoms with Gasteiger partial charge >= 0.3 is 0 Å². The van der Waals surface area contributed by atoms with E-state index in [4.69, 9.17) is 0 Å². The number of pyridine rings is 2. The molecule has 0 amide bonds. The first kappa shape index (κ1) is 11.4. The van der Waals surface area contributed by atoms with Crippen molar-refractivity contribution in [2.75, 3.05) is 0 Å². The second-order valence-electron chi connectivity index (χ2n) is 3.36. The highest BCUT2D eigenvalue weighted by molar-refractivity contribution is 5.25. The van der Waals surface area contributed by atoms with Crippen molar-refractivity contribution >= 4 is 0 Å². The first-order valence-corrected chi connectivity index (χ1v) is 4.95. The molecule has 0 aromatic carbocycles. The minimum Gasteiger partial charge on any atom is -0.265 e. The van der Waals surface area contributed by atoms with E-state index < -0.39 is 0 Å². The molecule has 2 nitrogen and oxygen atoms in total. The van der Waals surface area contributed by atoms with Crippen LogP contribution in [0.5, 0.6) is 0 Å². The van der Waals surface area contributed by atoms with Gasteiger partial charge in [0.15, 0.2) is 0 Å². The van der Waals surface area contributed by atoms with E-state index >= 15 is 0 Å². The van der Waals surface area contributed by atoms with Gasteiger partial charge in [0.25, 0.3) is 0 Å². The number of aromatic nitrogens is 2. The van der Waals surface area contributed by atoms with Gasteiger partial charge in [-0.3, -0.25) is 9.97 Å². The lowest BCUT2D eigenvalue weighted by molar-refractivity contribution is 1.12. The van der Waals surface area contributed by atoms with Gasteiger partial charge < -0.3 is 0 Å². The minimum absolute atomic E-state index is 1.13. The zero-order chi connectivity index (χ0) is 11.1. The molecule has 0 atom stereocenters. The zero-order valence-corrected chi connectivity index (χ0v) is 9.44. The summed E-state index contributed by atoms with van der Waals surface area (Å²) in [5, 5.41) is 0. The van der Waals surface area contributed by atoms with Crippen LogP contribution in [0.15, 0.2) is 42.9 Å². The Hall–Kier alpha value is -1.70. The molecule has 2 aromatic rings. The van der Waals surface area contributed by atoms with Gasteiger partial charge in [-0.15, -0.1) is 0 Å². The lowest BCUT2D eigenvalue weighted by atomic mass is 10.1. The molecule has 0 bridgehead atoms. The van der Waals surface area contributed by atoms with Crippen molar-refractivity contribution < 1.29 is 0 Å². The number of nitrogens with zero attached hydrogens (tertiary/aromatic N) is 2. The molecule has 2 heteroatoms. The van der Waals surface area contributed by atoms with Crippen molar-refractivity contribution in [2.45, 2.75) is 20.8 Å². The van der Waals surface area contributed by atoms with Crippen molar-refractivity contribution in [3.63, 3.8) is 0 Å². The molecule has 0 saturated carbocycles. The molecule has 2 heterocycles. The summed E-state index contributed by atoms with van der Waals surface area (Å²) in [5.41, 5.74) is 3.76. The minimum atomic E-state index is 1.13. The molecule has 0 spiro atoms. The molecule has 0 N–H and O–H groups in total. The van der Waals surface area contributed by atoms with E-state index in [1.807, 2.05) is 37.4 Å². The van der Waals surface area contributed by atoms with Crippen LogP contribution in [0.3, 0.4) is 0 Å². The smallest absolute Gasteiger partial charge is 0.0404 e. The van der Waals surface area contributed by atoms with Crippen LogP contribution in [0.1, 0.15) is 16.8 Å². The number of rotatable bonds is 0. The van der Waals surface area contributed by atoms with Crippen molar-refractivity contribution in [3.8, 4) is 0 Å². The highest BCUT2D eigenvalue weighted by Gasteiger charge is 1.93. The van der Waals surface area contributed by atoms with E-state index in [2.05, 4.69) is 23.8 Å². The predicted octanol–water partition coefficient (Wildman–Crippen LogP) is 3.09. The maximum absolute atomic E-state index is 4.14. The number of hydrogen-bond donors (Lipinski definition) is 0. The van der Waals surface area contributed by atoms with Gasteiger partial charge in [-0.1, -0.05) is 6.07 Å². The average molecular weight is 200 g/mol. The van der Waals surface area contributed by atoms with Crippen molar-refractivity contribution in [2.24, 2.45) is 0 Å². The van der Waals surface area contributed by atoms with Crippen LogP contribution in [0.2, 0.25) is 0 Å². The van der Waals surface area contributed by atoms with E-state index in [1.165, 1.54) is 11.1 Å². The summed E-state index contributed by atoms with van der Waals surface area (Å²) < 4.78 is 0. The molecule has 0 fully saturated rings. The second kappa shape index (κ2) is 5.91. The molecule has 0 aliphatic heterocycles. The fraction of sp³-hybridized carbons (Fsp3) is 0.231. The van der Waals surface area contributed by atoms with Crippen molar-refractivity contribution in [1.82, 2.24) is 9.97 Å². The van der Waals surface area contributed by atoms with E-state index in [-0.39, 0.29) is 0 Å². The van der Waals surface area contributed by atoms with Gasteiger partial charge in [0.2, 0.25) is 0 Å². The van der Waals surface area contributed by atoms with Gasteiger partial charge in [-0.25, -0.2) is 0 Å². The third-order valence-electron chi connectivity index (χ3n) is 2.29. The quantitative estimate of drug-likeness (QED) is 0.653. The zero-order valence-electron chi connectivity index (χ0n) is 9.44. The van der Waals surface area contributed by atoms with E-state index in [1.54, 1.807) is 12.4 Å². The second-order valence-corrected chi connectivity index (χ2v) is 3.36. The SMILES string of the molecule is Cc1ccnc(C)c1C.c1ccncc1. The topological polar surface area (TPSA) is 25.8 Å². The third kappa shape index (κ3) is 3.90. The molecular weight excluding hydrogens is 184 g/mol.